The molecular formula is C24H15ClS. The summed E-state index contributed by atoms with van der Waals surface area (Å²) in [7, 11) is 0. The van der Waals surface area contributed by atoms with Crippen molar-refractivity contribution in [3.63, 3.8) is 0 Å². The Kier molecular flexibility index (Phi) is 3.77. The fourth-order valence-electron chi connectivity index (χ4n) is 3.47. The first kappa shape index (κ1) is 15.6. The number of halogens is 1. The lowest BCUT2D eigenvalue weighted by Gasteiger charge is -2.03. The third-order valence-electron chi connectivity index (χ3n) is 4.76. The van der Waals surface area contributed by atoms with Gasteiger partial charge in [-0.15, -0.1) is 11.3 Å². The van der Waals surface area contributed by atoms with Crippen molar-refractivity contribution >= 4 is 43.1 Å². The van der Waals surface area contributed by atoms with Gasteiger partial charge >= 0.3 is 0 Å². The smallest absolute Gasteiger partial charge is 0.0433 e. The highest BCUT2D eigenvalue weighted by Gasteiger charge is 2.11. The molecule has 0 amide bonds. The molecule has 124 valence electrons. The molecule has 0 aliphatic rings. The Labute approximate surface area is 161 Å². The van der Waals surface area contributed by atoms with Crippen LogP contribution in [0, 0.1) is 0 Å². The van der Waals surface area contributed by atoms with E-state index in [4.69, 9.17) is 11.6 Å². The van der Waals surface area contributed by atoms with Gasteiger partial charge in [-0.2, -0.15) is 0 Å². The topological polar surface area (TPSA) is 0 Å². The first-order valence-corrected chi connectivity index (χ1v) is 9.76. The Hall–Kier alpha value is -2.61. The van der Waals surface area contributed by atoms with Crippen LogP contribution < -0.4 is 0 Å². The summed E-state index contributed by atoms with van der Waals surface area (Å²) < 4.78 is 2.66. The van der Waals surface area contributed by atoms with Gasteiger partial charge in [0.15, 0.2) is 0 Å². The zero-order valence-electron chi connectivity index (χ0n) is 13.9. The van der Waals surface area contributed by atoms with Crippen molar-refractivity contribution < 1.29 is 0 Å². The summed E-state index contributed by atoms with van der Waals surface area (Å²) in [6, 6.07) is 32.0. The molecule has 26 heavy (non-hydrogen) atoms. The molecule has 0 saturated carbocycles. The maximum atomic E-state index is 6.03. The van der Waals surface area contributed by atoms with Crippen molar-refractivity contribution in [1.29, 1.82) is 0 Å². The van der Waals surface area contributed by atoms with E-state index >= 15 is 0 Å². The summed E-state index contributed by atoms with van der Waals surface area (Å²) in [5.41, 5.74) is 4.99. The van der Waals surface area contributed by atoms with Gasteiger partial charge in [0.2, 0.25) is 0 Å². The minimum absolute atomic E-state index is 0.768. The van der Waals surface area contributed by atoms with Crippen molar-refractivity contribution in [1.82, 2.24) is 0 Å². The van der Waals surface area contributed by atoms with Crippen molar-refractivity contribution in [2.75, 3.05) is 0 Å². The molecule has 0 saturated heterocycles. The van der Waals surface area contributed by atoms with E-state index in [0.717, 1.165) is 5.02 Å². The van der Waals surface area contributed by atoms with E-state index < -0.39 is 0 Å². The van der Waals surface area contributed by atoms with E-state index in [1.54, 1.807) is 0 Å². The Bertz CT molecular complexity index is 1220. The Morgan fingerprint density at radius 2 is 1.35 bits per heavy atom. The van der Waals surface area contributed by atoms with Gasteiger partial charge in [-0.25, -0.2) is 0 Å². The third kappa shape index (κ3) is 2.61. The Morgan fingerprint density at radius 1 is 0.577 bits per heavy atom. The van der Waals surface area contributed by atoms with Gasteiger partial charge in [-0.1, -0.05) is 84.4 Å². The van der Waals surface area contributed by atoms with Gasteiger partial charge in [0, 0.05) is 25.2 Å². The van der Waals surface area contributed by atoms with Crippen LogP contribution in [-0.2, 0) is 0 Å². The van der Waals surface area contributed by atoms with E-state index in [-0.39, 0.29) is 0 Å². The number of hydrogen-bond donors (Lipinski definition) is 0. The molecule has 0 nitrogen and oxygen atoms in total. The van der Waals surface area contributed by atoms with E-state index in [2.05, 4.69) is 78.9 Å². The van der Waals surface area contributed by atoms with Crippen LogP contribution in [0.5, 0.6) is 0 Å². The average molecular weight is 371 g/mol. The Balaban J connectivity index is 1.73. The second-order valence-corrected chi connectivity index (χ2v) is 7.86. The SMILES string of the molecule is Clc1ccc(-c2ccc3c(c2)sc2c(-c4ccccc4)cccc23)cc1. The highest BCUT2D eigenvalue weighted by atomic mass is 35.5. The van der Waals surface area contributed by atoms with Gasteiger partial charge in [0.25, 0.3) is 0 Å². The van der Waals surface area contributed by atoms with E-state index in [1.165, 1.54) is 42.4 Å². The van der Waals surface area contributed by atoms with E-state index in [0.29, 0.717) is 0 Å². The highest BCUT2D eigenvalue weighted by Crippen LogP contribution is 2.41. The molecule has 0 radical (unpaired) electrons. The average Bonchev–Trinajstić information content (AvgIpc) is 3.07. The first-order chi connectivity index (χ1) is 12.8. The van der Waals surface area contributed by atoms with Crippen molar-refractivity contribution in [2.45, 2.75) is 0 Å². The monoisotopic (exact) mass is 370 g/mol. The van der Waals surface area contributed by atoms with Crippen molar-refractivity contribution in [2.24, 2.45) is 0 Å². The molecule has 0 aliphatic carbocycles. The summed E-state index contributed by atoms with van der Waals surface area (Å²) in [4.78, 5) is 0. The predicted octanol–water partition coefficient (Wildman–Crippen LogP) is 8.04. The molecule has 0 unspecified atom stereocenters. The van der Waals surface area contributed by atoms with Crippen LogP contribution in [0.4, 0.5) is 0 Å². The van der Waals surface area contributed by atoms with Crippen LogP contribution in [0.25, 0.3) is 42.4 Å². The first-order valence-electron chi connectivity index (χ1n) is 8.56. The molecule has 2 heteroatoms. The van der Waals surface area contributed by atoms with E-state index in [1.807, 2.05) is 23.5 Å². The minimum atomic E-state index is 0.768. The van der Waals surface area contributed by atoms with Gasteiger partial charge < -0.3 is 0 Å². The molecule has 0 aliphatic heterocycles. The number of thiophene rings is 1. The van der Waals surface area contributed by atoms with Crippen LogP contribution >= 0.6 is 22.9 Å². The molecule has 0 atom stereocenters. The van der Waals surface area contributed by atoms with Crippen LogP contribution in [0.3, 0.4) is 0 Å². The zero-order valence-corrected chi connectivity index (χ0v) is 15.5. The largest absolute Gasteiger partial charge is 0.135 e. The summed E-state index contributed by atoms with van der Waals surface area (Å²) in [6.07, 6.45) is 0. The van der Waals surface area contributed by atoms with Gasteiger partial charge in [-0.3, -0.25) is 0 Å². The van der Waals surface area contributed by atoms with Gasteiger partial charge in [0.1, 0.15) is 0 Å². The second kappa shape index (κ2) is 6.28. The number of hydrogen-bond acceptors (Lipinski definition) is 1. The molecule has 5 rings (SSSR count). The van der Waals surface area contributed by atoms with Gasteiger partial charge in [-0.05, 0) is 40.5 Å². The molecule has 1 heterocycles. The summed E-state index contributed by atoms with van der Waals surface area (Å²) in [6.45, 7) is 0. The summed E-state index contributed by atoms with van der Waals surface area (Å²) in [5, 5.41) is 3.42. The number of fused-ring (bicyclic) bond motifs is 3. The highest BCUT2D eigenvalue weighted by molar-refractivity contribution is 7.26. The lowest BCUT2D eigenvalue weighted by molar-refractivity contribution is 1.65. The molecule has 5 aromatic rings. The summed E-state index contributed by atoms with van der Waals surface area (Å²) in [5.74, 6) is 0. The molecular weight excluding hydrogens is 356 g/mol. The lowest BCUT2D eigenvalue weighted by atomic mass is 10.0. The van der Waals surface area contributed by atoms with Crippen LogP contribution in [0.15, 0.2) is 91.0 Å². The molecule has 4 aromatic carbocycles. The zero-order chi connectivity index (χ0) is 17.5. The molecule has 1 aromatic heterocycles. The van der Waals surface area contributed by atoms with Crippen LogP contribution in [0.1, 0.15) is 0 Å². The lowest BCUT2D eigenvalue weighted by Crippen LogP contribution is -1.77. The number of benzene rings is 4. The quantitative estimate of drug-likeness (QED) is 0.295. The second-order valence-electron chi connectivity index (χ2n) is 6.37. The molecule has 0 fully saturated rings. The maximum Gasteiger partial charge on any atom is 0.0433 e. The summed E-state index contributed by atoms with van der Waals surface area (Å²) >= 11 is 7.89. The molecule has 0 N–H and O–H groups in total. The molecule has 0 spiro atoms. The van der Waals surface area contributed by atoms with E-state index in [9.17, 15) is 0 Å². The fourth-order valence-corrected chi connectivity index (χ4v) is 4.87. The maximum absolute atomic E-state index is 6.03. The normalized spacial score (nSPS) is 11.3. The van der Waals surface area contributed by atoms with Crippen molar-refractivity contribution in [3.8, 4) is 22.3 Å². The van der Waals surface area contributed by atoms with Gasteiger partial charge in [0.05, 0.1) is 0 Å². The van der Waals surface area contributed by atoms with Crippen LogP contribution in [0.2, 0.25) is 5.02 Å². The van der Waals surface area contributed by atoms with Crippen molar-refractivity contribution in [3.05, 3.63) is 96.0 Å². The third-order valence-corrected chi connectivity index (χ3v) is 6.21. The number of rotatable bonds is 2. The fraction of sp³-hybridized carbons (Fsp3) is 0. The predicted molar refractivity (Wildman–Crippen MR) is 115 cm³/mol. The Morgan fingerprint density at radius 3 is 2.15 bits per heavy atom. The molecule has 0 bridgehead atoms. The standard InChI is InChI=1S/C24H15ClS/c25-19-12-9-16(10-13-19)18-11-14-21-22-8-4-7-20(17-5-2-1-3-6-17)24(22)26-23(21)15-18/h1-15H. The van der Waals surface area contributed by atoms with Crippen LogP contribution in [-0.4, -0.2) is 0 Å². The minimum Gasteiger partial charge on any atom is -0.135 e.